The van der Waals surface area contributed by atoms with Crippen molar-refractivity contribution in [3.8, 4) is 0 Å². The highest BCUT2D eigenvalue weighted by molar-refractivity contribution is 6.30. The summed E-state index contributed by atoms with van der Waals surface area (Å²) in [4.78, 5) is 24.1. The number of nitrogens with zero attached hydrogens (tertiary/aromatic N) is 1. The number of aliphatic carboxylic acids is 1. The summed E-state index contributed by atoms with van der Waals surface area (Å²) in [6, 6.07) is 3.67. The van der Waals surface area contributed by atoms with Crippen molar-refractivity contribution in [2.75, 3.05) is 18.4 Å². The summed E-state index contributed by atoms with van der Waals surface area (Å²) < 4.78 is 13.6. The predicted octanol–water partition coefficient (Wildman–Crippen LogP) is 3.20. The third-order valence-electron chi connectivity index (χ3n) is 3.51. The van der Waals surface area contributed by atoms with Crippen LogP contribution in [0.15, 0.2) is 18.2 Å². The molecule has 1 aromatic carbocycles. The zero-order valence-corrected chi connectivity index (χ0v) is 12.1. The summed E-state index contributed by atoms with van der Waals surface area (Å²) in [6.07, 6.45) is 1.42. The van der Waals surface area contributed by atoms with Gasteiger partial charge in [0.2, 0.25) is 0 Å². The van der Waals surface area contributed by atoms with Crippen molar-refractivity contribution in [3.05, 3.63) is 29.0 Å². The molecule has 2 amide bonds. The first kappa shape index (κ1) is 15.6. The van der Waals surface area contributed by atoms with Crippen LogP contribution in [0.4, 0.5) is 14.9 Å². The van der Waals surface area contributed by atoms with E-state index in [4.69, 9.17) is 16.7 Å². The van der Waals surface area contributed by atoms with Crippen LogP contribution in [0, 0.1) is 11.7 Å². The third kappa shape index (κ3) is 4.32. The van der Waals surface area contributed by atoms with Crippen LogP contribution in [-0.2, 0) is 4.79 Å². The molecular formula is C14H16ClFN2O3. The number of amides is 2. The van der Waals surface area contributed by atoms with E-state index in [0.29, 0.717) is 19.5 Å². The van der Waals surface area contributed by atoms with E-state index in [0.717, 1.165) is 12.5 Å². The standard InChI is InChI=1S/C14H16ClFN2O3/c15-10-2-3-12(11(16)7-10)17-14(21)18-6-5-9(8-18)1-4-13(19)20/h2-3,7,9H,1,4-6,8H2,(H,17,21)(H,19,20). The van der Waals surface area contributed by atoms with Crippen LogP contribution in [0.5, 0.6) is 0 Å². The number of anilines is 1. The number of benzene rings is 1. The average molecular weight is 315 g/mol. The van der Waals surface area contributed by atoms with Gasteiger partial charge in [-0.1, -0.05) is 11.6 Å². The van der Waals surface area contributed by atoms with Crippen molar-refractivity contribution in [2.24, 2.45) is 5.92 Å². The van der Waals surface area contributed by atoms with Crippen molar-refractivity contribution in [2.45, 2.75) is 19.3 Å². The Morgan fingerprint density at radius 2 is 2.24 bits per heavy atom. The minimum Gasteiger partial charge on any atom is -0.481 e. The number of rotatable bonds is 4. The second-order valence-corrected chi connectivity index (χ2v) is 5.52. The number of hydrogen-bond acceptors (Lipinski definition) is 2. The minimum absolute atomic E-state index is 0.0818. The molecule has 0 saturated carbocycles. The number of carbonyl (C=O) groups excluding carboxylic acids is 1. The van der Waals surface area contributed by atoms with Gasteiger partial charge in [-0.15, -0.1) is 0 Å². The Kier molecular flexibility index (Phi) is 5.01. The highest BCUT2D eigenvalue weighted by atomic mass is 35.5. The van der Waals surface area contributed by atoms with Crippen molar-refractivity contribution in [3.63, 3.8) is 0 Å². The van der Waals surface area contributed by atoms with Crippen molar-refractivity contribution in [1.29, 1.82) is 0 Å². The van der Waals surface area contributed by atoms with E-state index < -0.39 is 11.8 Å². The average Bonchev–Trinajstić information content (AvgIpc) is 2.88. The Labute approximate surface area is 126 Å². The van der Waals surface area contributed by atoms with Crippen molar-refractivity contribution < 1.29 is 19.1 Å². The lowest BCUT2D eigenvalue weighted by Gasteiger charge is -2.17. The Morgan fingerprint density at radius 3 is 2.90 bits per heavy atom. The van der Waals surface area contributed by atoms with E-state index in [2.05, 4.69) is 5.32 Å². The molecule has 0 aliphatic carbocycles. The van der Waals surface area contributed by atoms with E-state index >= 15 is 0 Å². The van der Waals surface area contributed by atoms with Gasteiger partial charge in [0.05, 0.1) is 5.69 Å². The second kappa shape index (κ2) is 6.76. The van der Waals surface area contributed by atoms with Gasteiger partial charge in [0, 0.05) is 24.5 Å². The van der Waals surface area contributed by atoms with Crippen LogP contribution in [0.1, 0.15) is 19.3 Å². The maximum Gasteiger partial charge on any atom is 0.321 e. The molecular weight excluding hydrogens is 299 g/mol. The fourth-order valence-electron chi connectivity index (χ4n) is 2.37. The molecule has 1 heterocycles. The van der Waals surface area contributed by atoms with Crippen molar-refractivity contribution in [1.82, 2.24) is 4.90 Å². The summed E-state index contributed by atoms with van der Waals surface area (Å²) >= 11 is 5.65. The largest absolute Gasteiger partial charge is 0.481 e. The number of halogens is 2. The number of carbonyl (C=O) groups is 2. The second-order valence-electron chi connectivity index (χ2n) is 5.09. The molecule has 2 N–H and O–H groups in total. The van der Waals surface area contributed by atoms with Gasteiger partial charge in [-0.25, -0.2) is 9.18 Å². The molecule has 0 radical (unpaired) electrons. The van der Waals surface area contributed by atoms with Gasteiger partial charge >= 0.3 is 12.0 Å². The fourth-order valence-corrected chi connectivity index (χ4v) is 2.52. The van der Waals surface area contributed by atoms with Gasteiger partial charge in [0.25, 0.3) is 0 Å². The van der Waals surface area contributed by atoms with Gasteiger partial charge in [0.1, 0.15) is 5.82 Å². The minimum atomic E-state index is -0.832. The quantitative estimate of drug-likeness (QED) is 0.896. The highest BCUT2D eigenvalue weighted by Crippen LogP contribution is 2.23. The maximum absolute atomic E-state index is 13.6. The fraction of sp³-hybridized carbons (Fsp3) is 0.429. The monoisotopic (exact) mass is 314 g/mol. The lowest BCUT2D eigenvalue weighted by atomic mass is 10.0. The molecule has 7 heteroatoms. The zero-order chi connectivity index (χ0) is 15.4. The molecule has 1 fully saturated rings. The normalized spacial score (nSPS) is 17.8. The maximum atomic E-state index is 13.6. The number of urea groups is 1. The summed E-state index contributed by atoms with van der Waals surface area (Å²) in [5.74, 6) is -1.24. The molecule has 114 valence electrons. The van der Waals surface area contributed by atoms with Gasteiger partial charge in [-0.2, -0.15) is 0 Å². The van der Waals surface area contributed by atoms with Gasteiger partial charge in [-0.05, 0) is 37.0 Å². The van der Waals surface area contributed by atoms with Crippen LogP contribution in [0.3, 0.4) is 0 Å². The molecule has 0 spiro atoms. The van der Waals surface area contributed by atoms with E-state index in [1.54, 1.807) is 4.90 Å². The summed E-state index contributed by atoms with van der Waals surface area (Å²) in [7, 11) is 0. The first-order valence-electron chi connectivity index (χ1n) is 6.68. The summed E-state index contributed by atoms with van der Waals surface area (Å²) in [5.41, 5.74) is 0.0818. The molecule has 0 aromatic heterocycles. The van der Waals surface area contributed by atoms with E-state index in [9.17, 15) is 14.0 Å². The van der Waals surface area contributed by atoms with Crippen LogP contribution in [0.2, 0.25) is 5.02 Å². The Morgan fingerprint density at radius 1 is 1.48 bits per heavy atom. The third-order valence-corrected chi connectivity index (χ3v) is 3.75. The SMILES string of the molecule is O=C(O)CCC1CCN(C(=O)Nc2ccc(Cl)cc2F)C1. The molecule has 1 aliphatic heterocycles. The Bertz CT molecular complexity index is 553. The molecule has 1 aliphatic rings. The number of nitrogens with one attached hydrogen (secondary N) is 1. The van der Waals surface area contributed by atoms with Crippen molar-refractivity contribution >= 4 is 29.3 Å². The lowest BCUT2D eigenvalue weighted by molar-refractivity contribution is -0.137. The van der Waals surface area contributed by atoms with E-state index in [1.807, 2.05) is 0 Å². The molecule has 2 rings (SSSR count). The van der Waals surface area contributed by atoms with Crippen LogP contribution >= 0.6 is 11.6 Å². The first-order valence-corrected chi connectivity index (χ1v) is 7.06. The van der Waals surface area contributed by atoms with E-state index in [1.165, 1.54) is 12.1 Å². The molecule has 1 atom stereocenters. The smallest absolute Gasteiger partial charge is 0.321 e. The van der Waals surface area contributed by atoms with Gasteiger partial charge in [-0.3, -0.25) is 4.79 Å². The molecule has 5 nitrogen and oxygen atoms in total. The Balaban J connectivity index is 1.88. The number of hydrogen-bond donors (Lipinski definition) is 2. The van der Waals surface area contributed by atoms with Crippen LogP contribution < -0.4 is 5.32 Å². The molecule has 1 unspecified atom stereocenters. The predicted molar refractivity (Wildman–Crippen MR) is 77.0 cm³/mol. The molecule has 1 aromatic rings. The van der Waals surface area contributed by atoms with Crippen LogP contribution in [-0.4, -0.2) is 35.1 Å². The molecule has 0 bridgehead atoms. The van der Waals surface area contributed by atoms with Gasteiger partial charge < -0.3 is 15.3 Å². The highest BCUT2D eigenvalue weighted by Gasteiger charge is 2.26. The number of carboxylic acid groups (broad SMARTS) is 1. The first-order chi connectivity index (χ1) is 9.95. The lowest BCUT2D eigenvalue weighted by Crippen LogP contribution is -2.33. The number of likely N-dealkylation sites (tertiary alicyclic amines) is 1. The Hall–Kier alpha value is -1.82. The summed E-state index contributed by atoms with van der Waals surface area (Å²) in [5, 5.41) is 11.4. The van der Waals surface area contributed by atoms with Crippen LogP contribution in [0.25, 0.3) is 0 Å². The zero-order valence-electron chi connectivity index (χ0n) is 11.3. The number of carboxylic acids is 1. The van der Waals surface area contributed by atoms with E-state index in [-0.39, 0.29) is 29.1 Å². The molecule has 21 heavy (non-hydrogen) atoms. The summed E-state index contributed by atoms with van der Waals surface area (Å²) in [6.45, 7) is 1.04. The molecule has 1 saturated heterocycles. The van der Waals surface area contributed by atoms with Gasteiger partial charge in [0.15, 0.2) is 0 Å². The topological polar surface area (TPSA) is 69.6 Å².